The van der Waals surface area contributed by atoms with E-state index in [0.29, 0.717) is 6.54 Å². The lowest BCUT2D eigenvalue weighted by molar-refractivity contribution is -0.119. The number of piperazine rings is 1. The summed E-state index contributed by atoms with van der Waals surface area (Å²) in [7, 11) is 1.85. The lowest BCUT2D eigenvalue weighted by Gasteiger charge is -2.37. The summed E-state index contributed by atoms with van der Waals surface area (Å²) in [6, 6.07) is 18.3. The van der Waals surface area contributed by atoms with Gasteiger partial charge in [-0.1, -0.05) is 36.4 Å². The van der Waals surface area contributed by atoms with Gasteiger partial charge in [0.1, 0.15) is 0 Å². The molecule has 0 aliphatic carbocycles. The maximum atomic E-state index is 12.5. The third-order valence-electron chi connectivity index (χ3n) is 4.70. The predicted molar refractivity (Wildman–Crippen MR) is 99.7 cm³/mol. The molecule has 0 saturated carbocycles. The van der Waals surface area contributed by atoms with Gasteiger partial charge in [-0.25, -0.2) is 0 Å². The molecular weight excluding hydrogens is 298 g/mol. The number of hydrogen-bond donors (Lipinski definition) is 0. The highest BCUT2D eigenvalue weighted by atomic mass is 16.2. The zero-order valence-corrected chi connectivity index (χ0v) is 14.5. The summed E-state index contributed by atoms with van der Waals surface area (Å²) in [6.07, 6.45) is 0. The summed E-state index contributed by atoms with van der Waals surface area (Å²) in [5, 5.41) is 0. The Bertz CT molecular complexity index is 678. The summed E-state index contributed by atoms with van der Waals surface area (Å²) in [4.78, 5) is 18.9. The highest BCUT2D eigenvalue weighted by molar-refractivity contribution is 5.94. The topological polar surface area (TPSA) is 26.8 Å². The van der Waals surface area contributed by atoms with Gasteiger partial charge < -0.3 is 9.80 Å². The molecule has 0 N–H and O–H groups in total. The average molecular weight is 323 g/mol. The molecule has 0 atom stereocenters. The fourth-order valence-corrected chi connectivity index (χ4v) is 3.16. The summed E-state index contributed by atoms with van der Waals surface area (Å²) in [5.74, 6) is 0.144. The second kappa shape index (κ2) is 7.49. The second-order valence-electron chi connectivity index (χ2n) is 6.34. The van der Waals surface area contributed by atoms with Crippen LogP contribution in [0.15, 0.2) is 54.6 Å². The summed E-state index contributed by atoms with van der Waals surface area (Å²) >= 11 is 0. The Morgan fingerprint density at radius 1 is 0.958 bits per heavy atom. The van der Waals surface area contributed by atoms with E-state index in [1.54, 1.807) is 4.90 Å². The largest absolute Gasteiger partial charge is 0.369 e. The van der Waals surface area contributed by atoms with Crippen molar-refractivity contribution in [3.63, 3.8) is 0 Å². The molecule has 0 bridgehead atoms. The van der Waals surface area contributed by atoms with Crippen molar-refractivity contribution in [2.45, 2.75) is 6.92 Å². The van der Waals surface area contributed by atoms with Crippen LogP contribution in [-0.4, -0.2) is 50.6 Å². The molecule has 1 saturated heterocycles. The summed E-state index contributed by atoms with van der Waals surface area (Å²) in [6.45, 7) is 6.40. The number of likely N-dealkylation sites (N-methyl/N-ethyl adjacent to an activating group) is 1. The molecule has 0 unspecified atom stereocenters. The number of amides is 1. The Labute approximate surface area is 144 Å². The quantitative estimate of drug-likeness (QED) is 0.866. The second-order valence-corrected chi connectivity index (χ2v) is 6.34. The number of hydrogen-bond acceptors (Lipinski definition) is 3. The van der Waals surface area contributed by atoms with Crippen LogP contribution in [0.3, 0.4) is 0 Å². The van der Waals surface area contributed by atoms with Crippen LogP contribution in [0.25, 0.3) is 0 Å². The lowest BCUT2D eigenvalue weighted by atomic mass is 10.1. The van der Waals surface area contributed by atoms with Crippen molar-refractivity contribution in [2.24, 2.45) is 0 Å². The SMILES string of the molecule is Cc1ccccc1N1CCN(CC(=O)N(C)c2ccccc2)CC1. The first-order chi connectivity index (χ1) is 11.6. The molecule has 4 nitrogen and oxygen atoms in total. The first-order valence-electron chi connectivity index (χ1n) is 8.49. The Kier molecular flexibility index (Phi) is 5.16. The molecule has 0 spiro atoms. The van der Waals surface area contributed by atoms with E-state index in [4.69, 9.17) is 0 Å². The molecule has 1 aliphatic heterocycles. The molecule has 1 fully saturated rings. The number of rotatable bonds is 4. The molecule has 2 aromatic rings. The molecule has 1 heterocycles. The molecular formula is C20H25N3O. The van der Waals surface area contributed by atoms with Crippen molar-refractivity contribution in [3.8, 4) is 0 Å². The van der Waals surface area contributed by atoms with Gasteiger partial charge in [0.25, 0.3) is 0 Å². The van der Waals surface area contributed by atoms with Gasteiger partial charge in [0.15, 0.2) is 0 Å². The van der Waals surface area contributed by atoms with Crippen LogP contribution in [-0.2, 0) is 4.79 Å². The van der Waals surface area contributed by atoms with Crippen LogP contribution in [0.4, 0.5) is 11.4 Å². The van der Waals surface area contributed by atoms with Crippen LogP contribution in [0.5, 0.6) is 0 Å². The van der Waals surface area contributed by atoms with Crippen LogP contribution >= 0.6 is 0 Å². The predicted octanol–water partition coefficient (Wildman–Crippen LogP) is 2.78. The minimum absolute atomic E-state index is 0.144. The molecule has 2 aromatic carbocycles. The number of carbonyl (C=O) groups excluding carboxylic acids is 1. The Balaban J connectivity index is 1.54. The smallest absolute Gasteiger partial charge is 0.240 e. The van der Waals surface area contributed by atoms with Crippen molar-refractivity contribution >= 4 is 17.3 Å². The fourth-order valence-electron chi connectivity index (χ4n) is 3.16. The lowest BCUT2D eigenvalue weighted by Crippen LogP contribution is -2.50. The molecule has 24 heavy (non-hydrogen) atoms. The fraction of sp³-hybridized carbons (Fsp3) is 0.350. The first-order valence-corrected chi connectivity index (χ1v) is 8.49. The minimum atomic E-state index is 0.144. The van der Waals surface area contributed by atoms with Gasteiger partial charge in [-0.05, 0) is 30.7 Å². The number of carbonyl (C=O) groups is 1. The van der Waals surface area contributed by atoms with Gasteiger partial charge >= 0.3 is 0 Å². The zero-order chi connectivity index (χ0) is 16.9. The van der Waals surface area contributed by atoms with E-state index in [9.17, 15) is 4.79 Å². The van der Waals surface area contributed by atoms with Crippen LogP contribution in [0, 0.1) is 6.92 Å². The van der Waals surface area contributed by atoms with Gasteiger partial charge in [-0.3, -0.25) is 9.69 Å². The maximum Gasteiger partial charge on any atom is 0.240 e. The summed E-state index contributed by atoms with van der Waals surface area (Å²) < 4.78 is 0. The van der Waals surface area contributed by atoms with E-state index in [0.717, 1.165) is 31.9 Å². The number of benzene rings is 2. The molecule has 0 radical (unpaired) electrons. The molecule has 4 heteroatoms. The van der Waals surface area contributed by atoms with E-state index in [-0.39, 0.29) is 5.91 Å². The van der Waals surface area contributed by atoms with Gasteiger partial charge in [-0.2, -0.15) is 0 Å². The van der Waals surface area contributed by atoms with Crippen molar-refractivity contribution in [3.05, 3.63) is 60.2 Å². The molecule has 3 rings (SSSR count). The highest BCUT2D eigenvalue weighted by Crippen LogP contribution is 2.21. The monoisotopic (exact) mass is 323 g/mol. The molecule has 126 valence electrons. The number of aryl methyl sites for hydroxylation is 1. The van der Waals surface area contributed by atoms with E-state index in [1.807, 2.05) is 37.4 Å². The van der Waals surface area contributed by atoms with E-state index in [1.165, 1.54) is 11.3 Å². The van der Waals surface area contributed by atoms with Crippen LogP contribution in [0.1, 0.15) is 5.56 Å². The Hall–Kier alpha value is -2.33. The van der Waals surface area contributed by atoms with Gasteiger partial charge in [-0.15, -0.1) is 0 Å². The number of nitrogens with zero attached hydrogens (tertiary/aromatic N) is 3. The summed E-state index contributed by atoms with van der Waals surface area (Å²) in [5.41, 5.74) is 3.57. The van der Waals surface area contributed by atoms with Crippen molar-refractivity contribution < 1.29 is 4.79 Å². The zero-order valence-electron chi connectivity index (χ0n) is 14.5. The van der Waals surface area contributed by atoms with Gasteiger partial charge in [0.2, 0.25) is 5.91 Å². The first kappa shape index (κ1) is 16.5. The molecule has 1 amide bonds. The van der Waals surface area contributed by atoms with Gasteiger partial charge in [0, 0.05) is 44.6 Å². The highest BCUT2D eigenvalue weighted by Gasteiger charge is 2.21. The minimum Gasteiger partial charge on any atom is -0.369 e. The Morgan fingerprint density at radius 3 is 2.25 bits per heavy atom. The van der Waals surface area contributed by atoms with E-state index >= 15 is 0 Å². The van der Waals surface area contributed by atoms with Crippen molar-refractivity contribution in [1.29, 1.82) is 0 Å². The maximum absolute atomic E-state index is 12.5. The normalized spacial score (nSPS) is 15.3. The van der Waals surface area contributed by atoms with E-state index in [2.05, 4.69) is 41.0 Å². The third-order valence-corrected chi connectivity index (χ3v) is 4.70. The molecule has 1 aliphatic rings. The van der Waals surface area contributed by atoms with E-state index < -0.39 is 0 Å². The van der Waals surface area contributed by atoms with Crippen LogP contribution < -0.4 is 9.80 Å². The van der Waals surface area contributed by atoms with Crippen LogP contribution in [0.2, 0.25) is 0 Å². The average Bonchev–Trinajstić information content (AvgIpc) is 2.63. The third kappa shape index (κ3) is 3.77. The molecule has 0 aromatic heterocycles. The van der Waals surface area contributed by atoms with Gasteiger partial charge in [0.05, 0.1) is 6.54 Å². The van der Waals surface area contributed by atoms with Crippen molar-refractivity contribution in [1.82, 2.24) is 4.90 Å². The number of anilines is 2. The van der Waals surface area contributed by atoms with Crippen molar-refractivity contribution in [2.75, 3.05) is 49.6 Å². The Morgan fingerprint density at radius 2 is 1.58 bits per heavy atom. The number of para-hydroxylation sites is 2. The standard InChI is InChI=1S/C20H25N3O/c1-17-8-6-7-11-19(17)23-14-12-22(13-15-23)16-20(24)21(2)18-9-4-3-5-10-18/h3-11H,12-16H2,1-2H3.